The molecule has 1 saturated carbocycles. The van der Waals surface area contributed by atoms with Crippen molar-refractivity contribution in [2.45, 2.75) is 71.8 Å². The van der Waals surface area contributed by atoms with Gasteiger partial charge < -0.3 is 0 Å². The van der Waals surface area contributed by atoms with Crippen molar-refractivity contribution in [3.8, 4) is 0 Å². The summed E-state index contributed by atoms with van der Waals surface area (Å²) < 4.78 is 0. The molecule has 1 aliphatic rings. The molecular weight excluding hydrogens is 252 g/mol. The summed E-state index contributed by atoms with van der Waals surface area (Å²) in [5.41, 5.74) is 0.104. The molecule has 0 bridgehead atoms. The van der Waals surface area contributed by atoms with Gasteiger partial charge in [-0.3, -0.25) is 0 Å². The topological polar surface area (TPSA) is 58.9 Å². The minimum Gasteiger partial charge on any atom is -0.211 e. The van der Waals surface area contributed by atoms with E-state index in [-0.39, 0.29) is 16.9 Å². The van der Waals surface area contributed by atoms with E-state index in [0.29, 0.717) is 6.54 Å². The molecule has 0 radical (unpaired) electrons. The number of hydrogen-bond donors (Lipinski definition) is 0. The first-order valence-corrected chi connectivity index (χ1v) is 7.57. The van der Waals surface area contributed by atoms with Gasteiger partial charge in [-0.25, -0.2) is 19.6 Å². The summed E-state index contributed by atoms with van der Waals surface area (Å²) in [6, 6.07) is 0.0136. The zero-order valence-corrected chi connectivity index (χ0v) is 12.9. The van der Waals surface area contributed by atoms with E-state index in [1.807, 2.05) is 0 Å². The maximum absolute atomic E-state index is 10.6. The minimum atomic E-state index is -0.0678. The molecule has 4 heteroatoms. The lowest BCUT2D eigenvalue weighted by Gasteiger charge is -2.46. The summed E-state index contributed by atoms with van der Waals surface area (Å²) in [7, 11) is 0. The molecule has 3 unspecified atom stereocenters. The highest BCUT2D eigenvalue weighted by atomic mass is 16.1. The Morgan fingerprint density at radius 2 is 1.80 bits per heavy atom. The van der Waals surface area contributed by atoms with Crippen molar-refractivity contribution in [3.05, 3.63) is 0 Å². The van der Waals surface area contributed by atoms with Crippen LogP contribution in [0.25, 0.3) is 0 Å². The van der Waals surface area contributed by atoms with Crippen molar-refractivity contribution in [1.82, 2.24) is 0 Å². The number of aliphatic imine (C=N–C) groups is 2. The summed E-state index contributed by atoms with van der Waals surface area (Å²) >= 11 is 0. The van der Waals surface area contributed by atoms with Crippen LogP contribution in [0.1, 0.15) is 65.7 Å². The van der Waals surface area contributed by atoms with Gasteiger partial charge in [-0.15, -0.1) is 0 Å². The van der Waals surface area contributed by atoms with Crippen LogP contribution < -0.4 is 0 Å². The molecule has 0 aromatic rings. The van der Waals surface area contributed by atoms with Gasteiger partial charge in [0.2, 0.25) is 12.2 Å². The van der Waals surface area contributed by atoms with Gasteiger partial charge in [-0.1, -0.05) is 40.0 Å². The molecule has 1 rings (SSSR count). The fraction of sp³-hybridized carbons (Fsp3) is 0.875. The lowest BCUT2D eigenvalue weighted by Crippen LogP contribution is -2.40. The van der Waals surface area contributed by atoms with Crippen molar-refractivity contribution in [2.24, 2.45) is 20.8 Å². The molecule has 4 nitrogen and oxygen atoms in total. The zero-order chi connectivity index (χ0) is 15.1. The van der Waals surface area contributed by atoms with Crippen LogP contribution in [0, 0.1) is 10.8 Å². The summed E-state index contributed by atoms with van der Waals surface area (Å²) in [5, 5.41) is 0. The Balaban J connectivity index is 2.83. The third kappa shape index (κ3) is 5.03. The van der Waals surface area contributed by atoms with Crippen LogP contribution in [-0.2, 0) is 9.59 Å². The Labute approximate surface area is 121 Å². The van der Waals surface area contributed by atoms with E-state index in [1.54, 1.807) is 12.2 Å². The first-order chi connectivity index (χ1) is 9.47. The molecular formula is C16H26N2O2. The fourth-order valence-electron chi connectivity index (χ4n) is 3.89. The highest BCUT2D eigenvalue weighted by molar-refractivity contribution is 5.34. The zero-order valence-electron chi connectivity index (χ0n) is 12.9. The van der Waals surface area contributed by atoms with Gasteiger partial charge >= 0.3 is 0 Å². The number of carbonyl (C=O) groups excluding carboxylic acids is 2. The van der Waals surface area contributed by atoms with Gasteiger partial charge in [-0.05, 0) is 36.5 Å². The van der Waals surface area contributed by atoms with Gasteiger partial charge in [0.25, 0.3) is 0 Å². The second-order valence-electron chi connectivity index (χ2n) is 6.95. The molecule has 0 spiro atoms. The standard InChI is InChI=1S/C16H26N2O2/c1-4-5-6-7-15(2)8-14(18-13-20)9-16(3,10-15)11-17-12-19/h14H,4-11H2,1-3H3. The lowest BCUT2D eigenvalue weighted by atomic mass is 9.60. The van der Waals surface area contributed by atoms with E-state index in [9.17, 15) is 9.59 Å². The molecule has 112 valence electrons. The molecule has 1 fully saturated rings. The van der Waals surface area contributed by atoms with E-state index < -0.39 is 0 Å². The van der Waals surface area contributed by atoms with Crippen LogP contribution in [0.5, 0.6) is 0 Å². The summed E-state index contributed by atoms with van der Waals surface area (Å²) in [6.07, 6.45) is 10.9. The molecule has 0 aromatic carbocycles. The number of isocyanates is 2. The van der Waals surface area contributed by atoms with Crippen LogP contribution >= 0.6 is 0 Å². The first-order valence-electron chi connectivity index (χ1n) is 7.57. The molecule has 0 aliphatic heterocycles. The van der Waals surface area contributed by atoms with E-state index in [2.05, 4.69) is 30.8 Å². The quantitative estimate of drug-likeness (QED) is 0.404. The summed E-state index contributed by atoms with van der Waals surface area (Å²) in [5.74, 6) is 0. The smallest absolute Gasteiger partial charge is 0.211 e. The van der Waals surface area contributed by atoms with E-state index in [0.717, 1.165) is 25.7 Å². The van der Waals surface area contributed by atoms with Crippen LogP contribution in [0.4, 0.5) is 0 Å². The molecule has 0 N–H and O–H groups in total. The average molecular weight is 278 g/mol. The van der Waals surface area contributed by atoms with Crippen LogP contribution in [-0.4, -0.2) is 24.7 Å². The lowest BCUT2D eigenvalue weighted by molar-refractivity contribution is 0.0675. The third-order valence-electron chi connectivity index (χ3n) is 4.45. The second kappa shape index (κ2) is 7.52. The normalized spacial score (nSPS) is 33.0. The Bertz CT molecular complexity index is 411. The summed E-state index contributed by atoms with van der Waals surface area (Å²) in [4.78, 5) is 28.7. The summed E-state index contributed by atoms with van der Waals surface area (Å²) in [6.45, 7) is 7.09. The molecule has 0 aromatic heterocycles. The monoisotopic (exact) mass is 278 g/mol. The number of unbranched alkanes of at least 4 members (excludes halogenated alkanes) is 2. The fourth-order valence-corrected chi connectivity index (χ4v) is 3.89. The third-order valence-corrected chi connectivity index (χ3v) is 4.45. The maximum atomic E-state index is 10.6. The molecule has 0 amide bonds. The van der Waals surface area contributed by atoms with Gasteiger partial charge in [-0.2, -0.15) is 0 Å². The average Bonchev–Trinajstić information content (AvgIpc) is 2.36. The molecule has 1 aliphatic carbocycles. The van der Waals surface area contributed by atoms with Crippen molar-refractivity contribution >= 4 is 12.2 Å². The van der Waals surface area contributed by atoms with Gasteiger partial charge in [0.1, 0.15) is 0 Å². The van der Waals surface area contributed by atoms with Crippen molar-refractivity contribution in [3.63, 3.8) is 0 Å². The molecule has 20 heavy (non-hydrogen) atoms. The highest BCUT2D eigenvalue weighted by Crippen LogP contribution is 2.49. The Morgan fingerprint density at radius 1 is 1.10 bits per heavy atom. The Hall–Kier alpha value is -1.24. The number of nitrogens with zero attached hydrogens (tertiary/aromatic N) is 2. The van der Waals surface area contributed by atoms with Crippen LogP contribution in [0.3, 0.4) is 0 Å². The van der Waals surface area contributed by atoms with Crippen LogP contribution in [0.15, 0.2) is 9.98 Å². The SMILES string of the molecule is CCCCCC1(C)CC(N=C=O)CC(C)(CN=C=O)C1. The van der Waals surface area contributed by atoms with Gasteiger partial charge in [0.15, 0.2) is 0 Å². The maximum Gasteiger partial charge on any atom is 0.235 e. The van der Waals surface area contributed by atoms with E-state index in [4.69, 9.17) is 0 Å². The second-order valence-corrected chi connectivity index (χ2v) is 6.95. The van der Waals surface area contributed by atoms with Crippen molar-refractivity contribution in [1.29, 1.82) is 0 Å². The molecule has 0 saturated heterocycles. The highest BCUT2D eigenvalue weighted by Gasteiger charge is 2.43. The Kier molecular flexibility index (Phi) is 6.32. The Morgan fingerprint density at radius 3 is 2.40 bits per heavy atom. The predicted octanol–water partition coefficient (Wildman–Crippen LogP) is 3.80. The minimum absolute atomic E-state index is 0.0136. The molecule has 3 atom stereocenters. The first kappa shape index (κ1) is 16.8. The molecule has 0 heterocycles. The number of rotatable bonds is 7. The van der Waals surface area contributed by atoms with Crippen molar-refractivity contribution in [2.75, 3.05) is 6.54 Å². The van der Waals surface area contributed by atoms with E-state index >= 15 is 0 Å². The predicted molar refractivity (Wildman–Crippen MR) is 79.1 cm³/mol. The van der Waals surface area contributed by atoms with Crippen LogP contribution in [0.2, 0.25) is 0 Å². The van der Waals surface area contributed by atoms with E-state index in [1.165, 1.54) is 19.3 Å². The number of hydrogen-bond acceptors (Lipinski definition) is 4. The van der Waals surface area contributed by atoms with Gasteiger partial charge in [0.05, 0.1) is 12.6 Å². The van der Waals surface area contributed by atoms with Crippen molar-refractivity contribution < 1.29 is 9.59 Å². The van der Waals surface area contributed by atoms with Gasteiger partial charge in [0, 0.05) is 0 Å². The largest absolute Gasteiger partial charge is 0.235 e.